The van der Waals surface area contributed by atoms with Crippen LogP contribution in [0.4, 0.5) is 0 Å². The van der Waals surface area contributed by atoms with E-state index in [0.29, 0.717) is 22.3 Å². The van der Waals surface area contributed by atoms with Gasteiger partial charge in [-0.3, -0.25) is 14.4 Å². The van der Waals surface area contributed by atoms with Gasteiger partial charge in [0.15, 0.2) is 11.3 Å². The Bertz CT molecular complexity index is 1640. The first-order chi connectivity index (χ1) is 22.3. The first kappa shape index (κ1) is 36.5. The van der Waals surface area contributed by atoms with Crippen LogP contribution in [0.3, 0.4) is 0 Å². The first-order valence-electron chi connectivity index (χ1n) is 15.0. The lowest BCUT2D eigenvalue weighted by Gasteiger charge is -2.22. The van der Waals surface area contributed by atoms with Crippen LogP contribution in [0.2, 0.25) is 0 Å². The number of ketones is 1. The number of ether oxygens (including phenoxy) is 2. The van der Waals surface area contributed by atoms with E-state index in [4.69, 9.17) is 9.47 Å². The molecule has 0 aliphatic rings. The summed E-state index contributed by atoms with van der Waals surface area (Å²) in [6.45, 7) is 15.3. The van der Waals surface area contributed by atoms with E-state index < -0.39 is 31.6 Å². The number of amides is 1. The highest BCUT2D eigenvalue weighted by Gasteiger charge is 2.28. The van der Waals surface area contributed by atoms with Crippen LogP contribution < -0.4 is 10.6 Å². The Morgan fingerprint density at radius 3 is 1.60 bits per heavy atom. The predicted octanol–water partition coefficient (Wildman–Crippen LogP) is 5.69. The van der Waals surface area contributed by atoms with Crippen molar-refractivity contribution < 1.29 is 33.4 Å². The molecule has 0 saturated carbocycles. The zero-order valence-corrected chi connectivity index (χ0v) is 28.4. The fourth-order valence-electron chi connectivity index (χ4n) is 4.95. The van der Waals surface area contributed by atoms with E-state index in [9.17, 15) is 24.0 Å². The van der Waals surface area contributed by atoms with Crippen LogP contribution >= 0.6 is 7.92 Å². The standard InChI is InChI=1S/C38H40NO7P/c1-25(2)36(42)45-22-20-39(21-23-46-37(43)26(3)4)33(41)19-18-32(40)34-27(5)24-28(6)35(29(34)7)38(44)47(30-14-10-8-11-15-30)31-16-12-9-13-17-31/h8-19,24H,1,3,20-23H2,2,4-7H3/b19-18+. The van der Waals surface area contributed by atoms with Gasteiger partial charge in [-0.1, -0.05) is 79.9 Å². The van der Waals surface area contributed by atoms with Gasteiger partial charge < -0.3 is 14.4 Å². The minimum Gasteiger partial charge on any atom is -0.460 e. The van der Waals surface area contributed by atoms with E-state index in [0.717, 1.165) is 22.2 Å². The Morgan fingerprint density at radius 2 is 1.15 bits per heavy atom. The molecule has 0 radical (unpaired) electrons. The van der Waals surface area contributed by atoms with Crippen molar-refractivity contribution in [1.82, 2.24) is 4.90 Å². The van der Waals surface area contributed by atoms with E-state index in [1.165, 1.54) is 24.8 Å². The lowest BCUT2D eigenvalue weighted by atomic mass is 9.91. The number of allylic oxidation sites excluding steroid dienone is 1. The Labute approximate surface area is 277 Å². The van der Waals surface area contributed by atoms with E-state index in [2.05, 4.69) is 13.2 Å². The summed E-state index contributed by atoms with van der Waals surface area (Å²) in [5.74, 6) is -2.19. The van der Waals surface area contributed by atoms with Crippen LogP contribution in [0.15, 0.2) is 103 Å². The number of hydrogen-bond acceptors (Lipinski definition) is 7. The summed E-state index contributed by atoms with van der Waals surface area (Å²) in [4.78, 5) is 66.2. The molecular weight excluding hydrogens is 613 g/mol. The van der Waals surface area contributed by atoms with Gasteiger partial charge in [-0.25, -0.2) is 9.59 Å². The van der Waals surface area contributed by atoms with Gasteiger partial charge in [-0.05, 0) is 68.0 Å². The minimum atomic E-state index is -1.43. The maximum Gasteiger partial charge on any atom is 0.333 e. The molecule has 0 spiro atoms. The molecule has 0 bridgehead atoms. The minimum absolute atomic E-state index is 0.00916. The van der Waals surface area contributed by atoms with Crippen LogP contribution in [0, 0.1) is 20.8 Å². The maximum absolute atomic E-state index is 14.4. The van der Waals surface area contributed by atoms with Crippen molar-refractivity contribution in [1.29, 1.82) is 0 Å². The number of carbonyl (C=O) groups is 5. The number of hydrogen-bond donors (Lipinski definition) is 0. The fourth-order valence-corrected chi connectivity index (χ4v) is 7.23. The Balaban J connectivity index is 1.91. The molecule has 0 N–H and O–H groups in total. The van der Waals surface area contributed by atoms with Crippen LogP contribution in [0.1, 0.15) is 51.3 Å². The summed E-state index contributed by atoms with van der Waals surface area (Å²) in [7, 11) is -1.43. The van der Waals surface area contributed by atoms with Crippen molar-refractivity contribution in [3.8, 4) is 0 Å². The highest BCUT2D eigenvalue weighted by molar-refractivity contribution is 7.88. The van der Waals surface area contributed by atoms with Gasteiger partial charge in [0, 0.05) is 36.3 Å². The van der Waals surface area contributed by atoms with Crippen LogP contribution in [-0.2, 0) is 23.9 Å². The Hall–Kier alpha value is -4.94. The van der Waals surface area contributed by atoms with E-state index >= 15 is 0 Å². The third kappa shape index (κ3) is 9.77. The summed E-state index contributed by atoms with van der Waals surface area (Å²) in [5.41, 5.74) is 3.18. The lowest BCUT2D eigenvalue weighted by Crippen LogP contribution is -2.36. The zero-order chi connectivity index (χ0) is 34.7. The molecule has 0 heterocycles. The molecule has 0 saturated heterocycles. The molecule has 3 aromatic carbocycles. The van der Waals surface area contributed by atoms with Gasteiger partial charge in [-0.2, -0.15) is 0 Å². The number of rotatable bonds is 15. The van der Waals surface area contributed by atoms with Gasteiger partial charge in [0.05, 0.1) is 13.1 Å². The zero-order valence-electron chi connectivity index (χ0n) is 27.5. The average molecular weight is 654 g/mol. The smallest absolute Gasteiger partial charge is 0.333 e. The molecule has 9 heteroatoms. The van der Waals surface area contributed by atoms with Crippen molar-refractivity contribution in [2.24, 2.45) is 0 Å². The molecule has 0 fully saturated rings. The molecule has 244 valence electrons. The molecular formula is C38H40NO7P. The van der Waals surface area contributed by atoms with Crippen molar-refractivity contribution >= 4 is 47.7 Å². The van der Waals surface area contributed by atoms with Gasteiger partial charge in [-0.15, -0.1) is 0 Å². The molecule has 0 aromatic heterocycles. The fraction of sp³-hybridized carbons (Fsp3) is 0.237. The average Bonchev–Trinajstić information content (AvgIpc) is 3.03. The van der Waals surface area contributed by atoms with Crippen molar-refractivity contribution in [2.45, 2.75) is 34.6 Å². The van der Waals surface area contributed by atoms with Gasteiger partial charge >= 0.3 is 11.9 Å². The summed E-state index contributed by atoms with van der Waals surface area (Å²) < 4.78 is 10.3. The van der Waals surface area contributed by atoms with E-state index in [-0.39, 0.29) is 43.0 Å². The van der Waals surface area contributed by atoms with Gasteiger partial charge in [0.1, 0.15) is 13.2 Å². The first-order valence-corrected chi connectivity index (χ1v) is 16.4. The van der Waals surface area contributed by atoms with Crippen molar-refractivity contribution in [2.75, 3.05) is 26.3 Å². The summed E-state index contributed by atoms with van der Waals surface area (Å²) in [5, 5.41) is 1.80. The maximum atomic E-state index is 14.4. The third-order valence-electron chi connectivity index (χ3n) is 7.24. The normalized spacial score (nSPS) is 10.9. The molecule has 0 atom stereocenters. The topological polar surface area (TPSA) is 107 Å². The molecule has 47 heavy (non-hydrogen) atoms. The molecule has 1 amide bonds. The quantitative estimate of drug-likeness (QED) is 0.0898. The SMILES string of the molecule is C=C(C)C(=O)OCCN(CCOC(=O)C(=C)C)C(=O)/C=C/C(=O)c1c(C)cc(C)c(C(=O)P(c2ccccc2)c2ccccc2)c1C. The number of aryl methyl sites for hydroxylation is 2. The predicted molar refractivity (Wildman–Crippen MR) is 186 cm³/mol. The monoisotopic (exact) mass is 653 g/mol. The van der Waals surface area contributed by atoms with Crippen LogP contribution in [0.5, 0.6) is 0 Å². The number of esters is 2. The summed E-state index contributed by atoms with van der Waals surface area (Å²) in [6, 6.07) is 21.0. The highest BCUT2D eigenvalue weighted by atomic mass is 31.1. The van der Waals surface area contributed by atoms with Crippen LogP contribution in [0.25, 0.3) is 0 Å². The van der Waals surface area contributed by atoms with Gasteiger partial charge in [0.2, 0.25) is 5.91 Å². The molecule has 0 aliphatic heterocycles. The van der Waals surface area contributed by atoms with Crippen molar-refractivity contribution in [3.05, 3.63) is 131 Å². The second kappa shape index (κ2) is 17.1. The highest BCUT2D eigenvalue weighted by Crippen LogP contribution is 2.40. The largest absolute Gasteiger partial charge is 0.460 e. The summed E-state index contributed by atoms with van der Waals surface area (Å²) in [6.07, 6.45) is 2.30. The van der Waals surface area contributed by atoms with E-state index in [1.54, 1.807) is 13.8 Å². The Morgan fingerprint density at radius 1 is 0.702 bits per heavy atom. The second-order valence-corrected chi connectivity index (χ2v) is 13.2. The molecule has 3 aromatic rings. The number of nitrogens with zero attached hydrogens (tertiary/aromatic N) is 1. The molecule has 0 unspecified atom stereocenters. The molecule has 0 aliphatic carbocycles. The molecule has 3 rings (SSSR count). The number of benzene rings is 3. The lowest BCUT2D eigenvalue weighted by molar-refractivity contribution is -0.142. The number of carbonyl (C=O) groups excluding carboxylic acids is 5. The van der Waals surface area contributed by atoms with Crippen molar-refractivity contribution in [3.63, 3.8) is 0 Å². The van der Waals surface area contributed by atoms with Gasteiger partial charge in [0.25, 0.3) is 0 Å². The Kier molecular flexibility index (Phi) is 13.3. The summed E-state index contributed by atoms with van der Waals surface area (Å²) >= 11 is 0. The van der Waals surface area contributed by atoms with E-state index in [1.807, 2.05) is 73.7 Å². The molecule has 8 nitrogen and oxygen atoms in total. The third-order valence-corrected chi connectivity index (χ3v) is 9.50. The van der Waals surface area contributed by atoms with Crippen LogP contribution in [-0.4, -0.2) is 60.4 Å². The second-order valence-electron chi connectivity index (χ2n) is 11.1.